The van der Waals surface area contributed by atoms with E-state index in [1.165, 1.54) is 24.1 Å². The van der Waals surface area contributed by atoms with Gasteiger partial charge < -0.3 is 10.4 Å². The van der Waals surface area contributed by atoms with Crippen LogP contribution in [0.1, 0.15) is 69.1 Å². The van der Waals surface area contributed by atoms with Crippen LogP contribution in [-0.2, 0) is 17.4 Å². The van der Waals surface area contributed by atoms with Gasteiger partial charge in [0.1, 0.15) is 16.0 Å². The Kier molecular flexibility index (Phi) is 7.13. The molecule has 0 bridgehead atoms. The van der Waals surface area contributed by atoms with E-state index in [9.17, 15) is 13.9 Å². The van der Waals surface area contributed by atoms with Gasteiger partial charge in [0.2, 0.25) is 0 Å². The number of aliphatic hydroxyl groups is 1. The molecule has 2 saturated carbocycles. The number of nitrogens with one attached hydrogen (secondary N) is 1. The third-order valence-corrected chi connectivity index (χ3v) is 8.91. The van der Waals surface area contributed by atoms with Crippen LogP contribution in [0.25, 0.3) is 0 Å². The molecule has 2 aromatic rings. The molecule has 0 aromatic heterocycles. The molecule has 180 valence electrons. The van der Waals surface area contributed by atoms with Crippen LogP contribution in [0.15, 0.2) is 42.5 Å². The second-order valence-corrected chi connectivity index (χ2v) is 11.8. The number of alkyl halides is 2. The molecule has 0 aliphatic heterocycles. The maximum atomic E-state index is 13.5. The van der Waals surface area contributed by atoms with Crippen LogP contribution in [0.4, 0.5) is 8.78 Å². The molecule has 6 heteroatoms. The minimum absolute atomic E-state index is 0.149. The number of hydrogen-bond donors (Lipinski definition) is 2. The average molecular weight is 496 g/mol. The van der Waals surface area contributed by atoms with Gasteiger partial charge in [0.15, 0.2) is 0 Å². The summed E-state index contributed by atoms with van der Waals surface area (Å²) in [5, 5.41) is 14.6. The second-order valence-electron chi connectivity index (χ2n) is 10.3. The molecule has 2 aromatic carbocycles. The number of hydrogen-bond acceptors (Lipinski definition) is 2. The van der Waals surface area contributed by atoms with Crippen molar-refractivity contribution in [2.24, 2.45) is 5.92 Å². The lowest BCUT2D eigenvalue weighted by Gasteiger charge is -2.40. The molecule has 2 nitrogen and oxygen atoms in total. The Morgan fingerprint density at radius 3 is 2.21 bits per heavy atom. The first-order chi connectivity index (χ1) is 15.5. The Hall–Kier alpha value is -1.20. The lowest BCUT2D eigenvalue weighted by Crippen LogP contribution is -2.48. The van der Waals surface area contributed by atoms with Crippen LogP contribution in [-0.4, -0.2) is 22.1 Å². The summed E-state index contributed by atoms with van der Waals surface area (Å²) < 4.78 is 26.4. The molecular weight excluding hydrogens is 463 g/mol. The minimum atomic E-state index is -0.721. The van der Waals surface area contributed by atoms with Crippen molar-refractivity contribution in [1.82, 2.24) is 5.32 Å². The van der Waals surface area contributed by atoms with Crippen LogP contribution in [0.5, 0.6) is 0 Å². The topological polar surface area (TPSA) is 32.3 Å². The van der Waals surface area contributed by atoms with Crippen LogP contribution >= 0.6 is 23.2 Å². The molecule has 0 amide bonds. The van der Waals surface area contributed by atoms with E-state index in [1.807, 2.05) is 6.92 Å². The zero-order valence-electron chi connectivity index (χ0n) is 19.3. The monoisotopic (exact) mass is 495 g/mol. The predicted octanol–water partition coefficient (Wildman–Crippen LogP) is 6.79. The van der Waals surface area contributed by atoms with Crippen LogP contribution in [0, 0.1) is 17.6 Å². The van der Waals surface area contributed by atoms with Crippen LogP contribution in [0.2, 0.25) is 0 Å². The number of halogens is 4. The molecule has 0 saturated heterocycles. The van der Waals surface area contributed by atoms with E-state index in [0.29, 0.717) is 18.5 Å². The second kappa shape index (κ2) is 9.45. The van der Waals surface area contributed by atoms with Crippen molar-refractivity contribution in [3.8, 4) is 0 Å². The zero-order valence-corrected chi connectivity index (χ0v) is 20.8. The Morgan fingerprint density at radius 1 is 1.00 bits per heavy atom. The van der Waals surface area contributed by atoms with Gasteiger partial charge in [0.25, 0.3) is 0 Å². The number of aliphatic hydroxyl groups excluding tert-OH is 1. The lowest BCUT2D eigenvalue weighted by atomic mass is 9.75. The number of benzene rings is 2. The van der Waals surface area contributed by atoms with E-state index < -0.39 is 22.1 Å². The van der Waals surface area contributed by atoms with Crippen molar-refractivity contribution >= 4 is 23.2 Å². The average Bonchev–Trinajstić information content (AvgIpc) is 3.30. The zero-order chi connectivity index (χ0) is 23.9. The van der Waals surface area contributed by atoms with Gasteiger partial charge in [0, 0.05) is 23.6 Å². The molecule has 0 radical (unpaired) electrons. The van der Waals surface area contributed by atoms with E-state index in [4.69, 9.17) is 23.2 Å². The summed E-state index contributed by atoms with van der Waals surface area (Å²) in [5.41, 5.74) is 2.47. The summed E-state index contributed by atoms with van der Waals surface area (Å²) in [4.78, 5) is 0. The van der Waals surface area contributed by atoms with Crippen LogP contribution < -0.4 is 5.32 Å². The summed E-state index contributed by atoms with van der Waals surface area (Å²) in [7, 11) is 0. The smallest absolute Gasteiger partial charge is 0.128 e. The molecule has 0 spiro atoms. The third-order valence-electron chi connectivity index (χ3n) is 7.80. The summed E-state index contributed by atoms with van der Waals surface area (Å²) in [6, 6.07) is 12.1. The molecule has 2 fully saturated rings. The van der Waals surface area contributed by atoms with Crippen molar-refractivity contribution in [3.63, 3.8) is 0 Å². The Morgan fingerprint density at radius 2 is 1.61 bits per heavy atom. The third kappa shape index (κ3) is 5.24. The van der Waals surface area contributed by atoms with E-state index in [1.54, 1.807) is 0 Å². The highest BCUT2D eigenvalue weighted by atomic mass is 35.5. The highest BCUT2D eigenvalue weighted by Crippen LogP contribution is 2.64. The van der Waals surface area contributed by atoms with Gasteiger partial charge in [-0.15, -0.1) is 23.2 Å². The normalized spacial score (nSPS) is 25.4. The molecule has 2 aliphatic rings. The number of rotatable bonds is 8. The predicted molar refractivity (Wildman–Crippen MR) is 131 cm³/mol. The Labute approximate surface area is 205 Å². The van der Waals surface area contributed by atoms with E-state index in [0.717, 1.165) is 43.7 Å². The van der Waals surface area contributed by atoms with Crippen molar-refractivity contribution in [1.29, 1.82) is 0 Å². The van der Waals surface area contributed by atoms with Crippen molar-refractivity contribution in [2.75, 3.05) is 6.54 Å². The fourth-order valence-corrected chi connectivity index (χ4v) is 6.09. The van der Waals surface area contributed by atoms with E-state index >= 15 is 0 Å². The van der Waals surface area contributed by atoms with E-state index in [2.05, 4.69) is 36.5 Å². The standard InChI is InChI=1S/C27H33Cl2F2NO/c1-18(11-19-12-22(30)15-23(31)13-19)24(33)16-32-26(9-4-3-5-10-26)21-8-6-7-20(14-21)25(2)17-27(25,28)29/h6-8,12-15,18,24,32-33H,3-5,9-11,16-17H2,1-2H3. The fraction of sp³-hybridized carbons (Fsp3) is 0.556. The van der Waals surface area contributed by atoms with Crippen molar-refractivity contribution < 1.29 is 13.9 Å². The molecule has 2 N–H and O–H groups in total. The summed E-state index contributed by atoms with van der Waals surface area (Å²) in [6.45, 7) is 4.43. The van der Waals surface area contributed by atoms with Crippen molar-refractivity contribution in [3.05, 3.63) is 70.8 Å². The van der Waals surface area contributed by atoms with Gasteiger partial charge >= 0.3 is 0 Å². The quantitative estimate of drug-likeness (QED) is 0.395. The van der Waals surface area contributed by atoms with Gasteiger partial charge in [-0.25, -0.2) is 8.78 Å². The minimum Gasteiger partial charge on any atom is -0.392 e. The van der Waals surface area contributed by atoms with Crippen LogP contribution in [0.3, 0.4) is 0 Å². The highest BCUT2D eigenvalue weighted by Gasteiger charge is 2.63. The summed E-state index contributed by atoms with van der Waals surface area (Å²) in [5.74, 6) is -1.33. The Balaban J connectivity index is 1.48. The molecule has 33 heavy (non-hydrogen) atoms. The molecular formula is C27H33Cl2F2NO. The first-order valence-corrected chi connectivity index (χ1v) is 12.7. The fourth-order valence-electron chi connectivity index (χ4n) is 5.33. The Bertz CT molecular complexity index is 972. The summed E-state index contributed by atoms with van der Waals surface area (Å²) >= 11 is 12.9. The van der Waals surface area contributed by atoms with Gasteiger partial charge in [-0.05, 0) is 60.4 Å². The van der Waals surface area contributed by atoms with Gasteiger partial charge in [-0.2, -0.15) is 0 Å². The van der Waals surface area contributed by atoms with Gasteiger partial charge in [0.05, 0.1) is 6.10 Å². The molecule has 4 rings (SSSR count). The molecule has 2 aliphatic carbocycles. The largest absolute Gasteiger partial charge is 0.392 e. The molecule has 0 heterocycles. The first-order valence-electron chi connectivity index (χ1n) is 11.9. The first kappa shape index (κ1) is 24.9. The molecule has 3 atom stereocenters. The van der Waals surface area contributed by atoms with Gasteiger partial charge in [-0.3, -0.25) is 0 Å². The summed E-state index contributed by atoms with van der Waals surface area (Å²) in [6.07, 6.45) is 5.95. The lowest BCUT2D eigenvalue weighted by molar-refractivity contribution is 0.0946. The molecule has 3 unspecified atom stereocenters. The van der Waals surface area contributed by atoms with Gasteiger partial charge in [-0.1, -0.05) is 57.4 Å². The SMILES string of the molecule is CC(Cc1cc(F)cc(F)c1)C(O)CNC1(c2cccc(C3(C)CC3(Cl)Cl)c2)CCCCC1. The maximum absolute atomic E-state index is 13.5. The van der Waals surface area contributed by atoms with E-state index in [-0.39, 0.29) is 16.9 Å². The van der Waals surface area contributed by atoms with Crippen molar-refractivity contribution in [2.45, 2.75) is 80.2 Å². The highest BCUT2D eigenvalue weighted by molar-refractivity contribution is 6.52. The maximum Gasteiger partial charge on any atom is 0.128 e.